The van der Waals surface area contributed by atoms with Gasteiger partial charge in [-0.05, 0) is 6.07 Å². The Balaban J connectivity index is 2.29. The van der Waals surface area contributed by atoms with E-state index >= 15 is 0 Å². The van der Waals surface area contributed by atoms with Gasteiger partial charge in [-0.25, -0.2) is 0 Å². The van der Waals surface area contributed by atoms with E-state index in [1.165, 1.54) is 12.1 Å². The Hall–Kier alpha value is -2.36. The number of nitrogens with one attached hydrogen (secondary N) is 1. The van der Waals surface area contributed by atoms with Gasteiger partial charge in [0, 0.05) is 17.0 Å². The zero-order valence-electron chi connectivity index (χ0n) is 9.47. The van der Waals surface area contributed by atoms with Crippen LogP contribution in [0.3, 0.4) is 0 Å². The smallest absolute Gasteiger partial charge is 0.431 e. The highest BCUT2D eigenvalue weighted by molar-refractivity contribution is 5.88. The van der Waals surface area contributed by atoms with Crippen LogP contribution in [0.5, 0.6) is 11.5 Å². The van der Waals surface area contributed by atoms with E-state index in [9.17, 15) is 13.2 Å². The largest absolute Gasteiger partial charge is 0.454 e. The van der Waals surface area contributed by atoms with Gasteiger partial charge in [-0.3, -0.25) is 0 Å². The van der Waals surface area contributed by atoms with Gasteiger partial charge in [-0.1, -0.05) is 0 Å². The standard InChI is InChI=1S/C12H7F3N2O2/c13-12(14,15)11-6(1-2-16)7-3-9-10(19-5-18-9)4-8(7)17-11/h3-4,17H,1,5H2. The summed E-state index contributed by atoms with van der Waals surface area (Å²) in [5.74, 6) is 0.783. The van der Waals surface area contributed by atoms with Gasteiger partial charge in [-0.2, -0.15) is 18.4 Å². The highest BCUT2D eigenvalue weighted by atomic mass is 19.4. The number of hydrogen-bond acceptors (Lipinski definition) is 3. The van der Waals surface area contributed by atoms with Gasteiger partial charge in [0.25, 0.3) is 0 Å². The number of ether oxygens (including phenoxy) is 2. The Kier molecular flexibility index (Phi) is 2.35. The molecular weight excluding hydrogens is 261 g/mol. The lowest BCUT2D eigenvalue weighted by Crippen LogP contribution is -2.08. The molecule has 0 amide bonds. The fourth-order valence-corrected chi connectivity index (χ4v) is 2.14. The van der Waals surface area contributed by atoms with Crippen LogP contribution in [0.15, 0.2) is 12.1 Å². The topological polar surface area (TPSA) is 58.0 Å². The number of aromatic amines is 1. The highest BCUT2D eigenvalue weighted by Crippen LogP contribution is 2.41. The fourth-order valence-electron chi connectivity index (χ4n) is 2.14. The van der Waals surface area contributed by atoms with Crippen molar-refractivity contribution in [1.82, 2.24) is 4.98 Å². The molecule has 98 valence electrons. The Morgan fingerprint density at radius 3 is 2.58 bits per heavy atom. The molecule has 3 rings (SSSR count). The Morgan fingerprint density at radius 1 is 1.26 bits per heavy atom. The number of halogens is 3. The molecule has 0 aliphatic carbocycles. The van der Waals surface area contributed by atoms with E-state index in [4.69, 9.17) is 14.7 Å². The number of hydrogen-bond donors (Lipinski definition) is 1. The molecule has 1 N–H and O–H groups in total. The summed E-state index contributed by atoms with van der Waals surface area (Å²) in [5.41, 5.74) is -0.683. The minimum absolute atomic E-state index is 0.0433. The molecule has 1 aromatic carbocycles. The Bertz CT molecular complexity index is 698. The molecule has 2 heterocycles. The van der Waals surface area contributed by atoms with Crippen LogP contribution in [0.25, 0.3) is 10.9 Å². The lowest BCUT2D eigenvalue weighted by molar-refractivity contribution is -0.141. The first kappa shape index (κ1) is 11.7. The first-order valence-electron chi connectivity index (χ1n) is 5.39. The van der Waals surface area contributed by atoms with Gasteiger partial charge in [0.05, 0.1) is 18.0 Å². The number of alkyl halides is 3. The maximum atomic E-state index is 12.9. The zero-order chi connectivity index (χ0) is 13.6. The summed E-state index contributed by atoms with van der Waals surface area (Å²) < 4.78 is 49.0. The van der Waals surface area contributed by atoms with Crippen molar-refractivity contribution in [2.24, 2.45) is 0 Å². The summed E-state index contributed by atoms with van der Waals surface area (Å²) in [6.45, 7) is 0.0433. The monoisotopic (exact) mass is 268 g/mol. The number of fused-ring (bicyclic) bond motifs is 2. The predicted octanol–water partition coefficient (Wildman–Crippen LogP) is 2.98. The average molecular weight is 268 g/mol. The molecule has 0 bridgehead atoms. The number of nitrogens with zero attached hydrogens (tertiary/aromatic N) is 1. The van der Waals surface area contributed by atoms with Crippen molar-refractivity contribution >= 4 is 10.9 Å². The van der Waals surface area contributed by atoms with E-state index < -0.39 is 11.9 Å². The third-order valence-corrected chi connectivity index (χ3v) is 2.94. The lowest BCUT2D eigenvalue weighted by Gasteiger charge is -2.05. The molecule has 0 fully saturated rings. The lowest BCUT2D eigenvalue weighted by atomic mass is 10.1. The Morgan fingerprint density at radius 2 is 1.95 bits per heavy atom. The summed E-state index contributed by atoms with van der Waals surface area (Å²) in [7, 11) is 0. The van der Waals surface area contributed by atoms with Crippen LogP contribution in [-0.4, -0.2) is 11.8 Å². The molecule has 0 saturated carbocycles. The van der Waals surface area contributed by atoms with Crippen molar-refractivity contribution in [2.75, 3.05) is 6.79 Å². The van der Waals surface area contributed by atoms with Crippen LogP contribution in [-0.2, 0) is 12.6 Å². The second-order valence-electron chi connectivity index (χ2n) is 4.06. The quantitative estimate of drug-likeness (QED) is 0.865. The number of aromatic nitrogens is 1. The maximum Gasteiger partial charge on any atom is 0.431 e. The minimum atomic E-state index is -4.53. The van der Waals surface area contributed by atoms with Gasteiger partial charge in [0.2, 0.25) is 6.79 Å². The van der Waals surface area contributed by atoms with Crippen molar-refractivity contribution < 1.29 is 22.6 Å². The van der Waals surface area contributed by atoms with E-state index in [2.05, 4.69) is 4.98 Å². The Labute approximate surface area is 105 Å². The van der Waals surface area contributed by atoms with Crippen LogP contribution in [0, 0.1) is 11.3 Å². The summed E-state index contributed by atoms with van der Waals surface area (Å²) in [5, 5.41) is 9.03. The molecule has 0 radical (unpaired) electrons. The van der Waals surface area contributed by atoms with Crippen LogP contribution < -0.4 is 9.47 Å². The zero-order valence-corrected chi connectivity index (χ0v) is 9.47. The van der Waals surface area contributed by atoms with Gasteiger partial charge < -0.3 is 14.5 Å². The third kappa shape index (κ3) is 1.76. The number of H-pyrrole nitrogens is 1. The molecule has 7 heteroatoms. The van der Waals surface area contributed by atoms with E-state index in [1.54, 1.807) is 6.07 Å². The van der Waals surface area contributed by atoms with E-state index in [0.29, 0.717) is 16.9 Å². The number of rotatable bonds is 1. The third-order valence-electron chi connectivity index (χ3n) is 2.94. The summed E-state index contributed by atoms with van der Waals surface area (Å²) in [6.07, 6.45) is -4.86. The maximum absolute atomic E-state index is 12.9. The van der Waals surface area contributed by atoms with Crippen LogP contribution in [0.2, 0.25) is 0 Å². The summed E-state index contributed by atoms with van der Waals surface area (Å²) in [4.78, 5) is 2.31. The molecule has 0 spiro atoms. The average Bonchev–Trinajstić information content (AvgIpc) is 2.90. The fraction of sp³-hybridized carbons (Fsp3) is 0.250. The van der Waals surface area contributed by atoms with Gasteiger partial charge in [-0.15, -0.1) is 0 Å². The van der Waals surface area contributed by atoms with Crippen LogP contribution in [0.1, 0.15) is 11.3 Å². The molecule has 0 unspecified atom stereocenters. The van der Waals surface area contributed by atoms with E-state index in [0.717, 1.165) is 0 Å². The van der Waals surface area contributed by atoms with E-state index in [-0.39, 0.29) is 24.3 Å². The molecule has 2 aromatic rings. The molecular formula is C12H7F3N2O2. The second-order valence-corrected chi connectivity index (χ2v) is 4.06. The van der Waals surface area contributed by atoms with Crippen molar-refractivity contribution in [3.05, 3.63) is 23.4 Å². The second kappa shape index (κ2) is 3.82. The summed E-state index contributed by atoms with van der Waals surface area (Å²) >= 11 is 0. The van der Waals surface area contributed by atoms with E-state index in [1.807, 2.05) is 0 Å². The molecule has 1 aliphatic heterocycles. The van der Waals surface area contributed by atoms with Crippen LogP contribution in [0.4, 0.5) is 13.2 Å². The number of nitriles is 1. The normalized spacial score (nSPS) is 13.8. The molecule has 1 aliphatic rings. The van der Waals surface area contributed by atoms with Gasteiger partial charge >= 0.3 is 6.18 Å². The van der Waals surface area contributed by atoms with Gasteiger partial charge in [0.15, 0.2) is 11.5 Å². The molecule has 1 aromatic heterocycles. The van der Waals surface area contributed by atoms with Crippen molar-refractivity contribution in [3.63, 3.8) is 0 Å². The molecule has 0 atom stereocenters. The van der Waals surface area contributed by atoms with Crippen molar-refractivity contribution in [3.8, 4) is 17.6 Å². The summed E-state index contributed by atoms with van der Waals surface area (Å²) in [6, 6.07) is 4.67. The SMILES string of the molecule is N#CCc1c(C(F)(F)F)[nH]c2cc3c(cc12)OCO3. The van der Waals surface area contributed by atoms with Crippen LogP contribution >= 0.6 is 0 Å². The number of benzene rings is 1. The minimum Gasteiger partial charge on any atom is -0.454 e. The molecule has 0 saturated heterocycles. The van der Waals surface area contributed by atoms with Gasteiger partial charge in [0.1, 0.15) is 5.69 Å². The molecule has 19 heavy (non-hydrogen) atoms. The highest BCUT2D eigenvalue weighted by Gasteiger charge is 2.36. The van der Waals surface area contributed by atoms with Crippen molar-refractivity contribution in [1.29, 1.82) is 5.26 Å². The molecule has 4 nitrogen and oxygen atoms in total. The first-order valence-corrected chi connectivity index (χ1v) is 5.39. The first-order chi connectivity index (χ1) is 9.00. The predicted molar refractivity (Wildman–Crippen MR) is 58.7 cm³/mol. The van der Waals surface area contributed by atoms with Crippen molar-refractivity contribution in [2.45, 2.75) is 12.6 Å².